The number of benzene rings is 1. The van der Waals surface area contributed by atoms with Crippen LogP contribution in [-0.2, 0) is 0 Å². The number of carbonyl (C=O) groups is 1. The molecule has 2 N–H and O–H groups in total. The summed E-state index contributed by atoms with van der Waals surface area (Å²) in [6.07, 6.45) is 5.26. The molecule has 1 aliphatic heterocycles. The highest BCUT2D eigenvalue weighted by Gasteiger charge is 2.27. The van der Waals surface area contributed by atoms with Gasteiger partial charge >= 0.3 is 0 Å². The van der Waals surface area contributed by atoms with E-state index in [1.807, 2.05) is 34.3 Å². The topological polar surface area (TPSA) is 71.8 Å². The smallest absolute Gasteiger partial charge is 0.260 e. The molecule has 6 nitrogen and oxygen atoms in total. The number of nitrogens with one attached hydrogen (secondary N) is 2. The maximum Gasteiger partial charge on any atom is 0.260 e. The Morgan fingerprint density at radius 3 is 2.73 bits per heavy atom. The number of nitrogens with zero attached hydrogens (tertiary/aromatic N) is 3. The van der Waals surface area contributed by atoms with E-state index in [0.29, 0.717) is 15.7 Å². The van der Waals surface area contributed by atoms with Crippen LogP contribution in [0, 0.1) is 0 Å². The third-order valence-electron chi connectivity index (χ3n) is 4.50. The van der Waals surface area contributed by atoms with Gasteiger partial charge in [-0.05, 0) is 50.2 Å². The highest BCUT2D eigenvalue weighted by molar-refractivity contribution is 7.13. The van der Waals surface area contributed by atoms with Crippen molar-refractivity contribution < 1.29 is 4.79 Å². The Morgan fingerprint density at radius 1 is 1.27 bits per heavy atom. The van der Waals surface area contributed by atoms with E-state index >= 15 is 0 Å². The van der Waals surface area contributed by atoms with Crippen molar-refractivity contribution in [2.24, 2.45) is 0 Å². The first-order valence-electron chi connectivity index (χ1n) is 8.48. The Labute approximate surface area is 160 Å². The minimum atomic E-state index is -0.173. The summed E-state index contributed by atoms with van der Waals surface area (Å²) in [5, 5.41) is 13.9. The van der Waals surface area contributed by atoms with Gasteiger partial charge in [-0.2, -0.15) is 5.10 Å². The van der Waals surface area contributed by atoms with Crippen molar-refractivity contribution in [1.29, 1.82) is 0 Å². The largest absolute Gasteiger partial charge is 0.317 e. The molecule has 4 rings (SSSR count). The van der Waals surface area contributed by atoms with E-state index in [1.54, 1.807) is 12.4 Å². The van der Waals surface area contributed by atoms with Gasteiger partial charge in [-0.25, -0.2) is 9.67 Å². The zero-order valence-corrected chi connectivity index (χ0v) is 15.6. The van der Waals surface area contributed by atoms with Crippen LogP contribution < -0.4 is 10.6 Å². The molecule has 1 fully saturated rings. The Hall–Kier alpha value is -2.22. The van der Waals surface area contributed by atoms with E-state index in [-0.39, 0.29) is 11.8 Å². The summed E-state index contributed by atoms with van der Waals surface area (Å²) < 4.78 is 1.86. The van der Waals surface area contributed by atoms with E-state index in [4.69, 9.17) is 11.6 Å². The van der Waals surface area contributed by atoms with Crippen molar-refractivity contribution in [2.75, 3.05) is 18.4 Å². The number of thiazole rings is 1. The molecule has 2 aromatic heterocycles. The minimum absolute atomic E-state index is 0.173. The van der Waals surface area contributed by atoms with Crippen LogP contribution in [0.15, 0.2) is 42.0 Å². The number of halogens is 1. The van der Waals surface area contributed by atoms with Crippen LogP contribution in [0.2, 0.25) is 5.02 Å². The molecule has 3 aromatic rings. The molecule has 0 atom stereocenters. The highest BCUT2D eigenvalue weighted by atomic mass is 35.5. The van der Waals surface area contributed by atoms with Crippen molar-refractivity contribution >= 4 is 34.0 Å². The van der Waals surface area contributed by atoms with Crippen LogP contribution in [0.1, 0.15) is 34.8 Å². The first kappa shape index (κ1) is 17.2. The molecule has 134 valence electrons. The fourth-order valence-corrected chi connectivity index (χ4v) is 3.91. The molecule has 1 aliphatic rings. The van der Waals surface area contributed by atoms with Crippen LogP contribution in [0.5, 0.6) is 0 Å². The van der Waals surface area contributed by atoms with Crippen LogP contribution in [0.3, 0.4) is 0 Å². The predicted octanol–water partition coefficient (Wildman–Crippen LogP) is 3.70. The molecule has 8 heteroatoms. The highest BCUT2D eigenvalue weighted by Crippen LogP contribution is 2.31. The summed E-state index contributed by atoms with van der Waals surface area (Å²) in [5.41, 5.74) is 2.45. The van der Waals surface area contributed by atoms with Gasteiger partial charge in [0.2, 0.25) is 0 Å². The van der Waals surface area contributed by atoms with Gasteiger partial charge in [0.15, 0.2) is 5.13 Å². The quantitative estimate of drug-likeness (QED) is 0.716. The standard InChI is InChI=1S/C18H18ClN5OS/c19-13-1-3-14(4-2-13)24-16(12-5-7-20-8-6-12)15(11-22-24)17(25)23-18-21-9-10-26-18/h1-4,9-12,20H,5-8H2,(H,21,23,25). The monoisotopic (exact) mass is 387 g/mol. The molecule has 1 amide bonds. The Bertz CT molecular complexity index is 885. The molecule has 0 unspecified atom stereocenters. The van der Waals surface area contributed by atoms with E-state index < -0.39 is 0 Å². The lowest BCUT2D eigenvalue weighted by molar-refractivity contribution is 0.102. The number of amides is 1. The van der Waals surface area contributed by atoms with Crippen molar-refractivity contribution in [2.45, 2.75) is 18.8 Å². The average Bonchev–Trinajstić information content (AvgIpc) is 3.32. The molecule has 0 saturated carbocycles. The maximum atomic E-state index is 12.8. The summed E-state index contributed by atoms with van der Waals surface area (Å²) in [6, 6.07) is 7.50. The second-order valence-corrected chi connectivity index (χ2v) is 7.48. The SMILES string of the molecule is O=C(Nc1nccs1)c1cnn(-c2ccc(Cl)cc2)c1C1CCNCC1. The Morgan fingerprint density at radius 2 is 2.04 bits per heavy atom. The zero-order valence-electron chi connectivity index (χ0n) is 14.0. The number of hydrogen-bond acceptors (Lipinski definition) is 5. The van der Waals surface area contributed by atoms with Gasteiger partial charge in [-0.15, -0.1) is 11.3 Å². The fraction of sp³-hybridized carbons (Fsp3) is 0.278. The summed E-state index contributed by atoms with van der Waals surface area (Å²) in [7, 11) is 0. The first-order valence-corrected chi connectivity index (χ1v) is 9.73. The second kappa shape index (κ2) is 7.57. The second-order valence-electron chi connectivity index (χ2n) is 6.15. The van der Waals surface area contributed by atoms with Crippen LogP contribution in [-0.4, -0.2) is 33.8 Å². The van der Waals surface area contributed by atoms with Crippen molar-refractivity contribution in [3.63, 3.8) is 0 Å². The van der Waals surface area contributed by atoms with E-state index in [0.717, 1.165) is 37.3 Å². The summed E-state index contributed by atoms with van der Waals surface area (Å²) >= 11 is 7.41. The summed E-state index contributed by atoms with van der Waals surface area (Å²) in [6.45, 7) is 1.87. The van der Waals surface area contributed by atoms with Gasteiger partial charge in [-0.3, -0.25) is 10.1 Å². The number of anilines is 1. The lowest BCUT2D eigenvalue weighted by Crippen LogP contribution is -2.29. The predicted molar refractivity (Wildman–Crippen MR) is 103 cm³/mol. The number of rotatable bonds is 4. The van der Waals surface area contributed by atoms with Crippen molar-refractivity contribution in [3.05, 3.63) is 58.3 Å². The van der Waals surface area contributed by atoms with Gasteiger partial charge in [0, 0.05) is 22.5 Å². The van der Waals surface area contributed by atoms with Gasteiger partial charge < -0.3 is 5.32 Å². The lowest BCUT2D eigenvalue weighted by atomic mass is 9.91. The van der Waals surface area contributed by atoms with Crippen LogP contribution in [0.4, 0.5) is 5.13 Å². The van der Waals surface area contributed by atoms with Crippen molar-refractivity contribution in [1.82, 2.24) is 20.1 Å². The molecular formula is C18H18ClN5OS. The summed E-state index contributed by atoms with van der Waals surface area (Å²) in [4.78, 5) is 17.0. The molecule has 0 spiro atoms. The maximum absolute atomic E-state index is 12.8. The molecule has 0 bridgehead atoms. The van der Waals surface area contributed by atoms with Crippen molar-refractivity contribution in [3.8, 4) is 5.69 Å². The van der Waals surface area contributed by atoms with E-state index in [1.165, 1.54) is 11.3 Å². The Kier molecular flexibility index (Phi) is 5.01. The number of carbonyl (C=O) groups excluding carboxylic acids is 1. The third kappa shape index (κ3) is 3.51. The lowest BCUT2D eigenvalue weighted by Gasteiger charge is -2.24. The molecule has 0 aliphatic carbocycles. The molecule has 3 heterocycles. The van der Waals surface area contributed by atoms with Gasteiger partial charge in [0.1, 0.15) is 0 Å². The normalized spacial score (nSPS) is 15.1. The van der Waals surface area contributed by atoms with Gasteiger partial charge in [0.05, 0.1) is 23.1 Å². The molecule has 0 radical (unpaired) electrons. The van der Waals surface area contributed by atoms with E-state index in [2.05, 4.69) is 20.7 Å². The van der Waals surface area contributed by atoms with Crippen LogP contribution in [0.25, 0.3) is 5.69 Å². The first-order chi connectivity index (χ1) is 12.7. The minimum Gasteiger partial charge on any atom is -0.317 e. The van der Waals surface area contributed by atoms with Crippen LogP contribution >= 0.6 is 22.9 Å². The molecule has 26 heavy (non-hydrogen) atoms. The number of hydrogen-bond donors (Lipinski definition) is 2. The average molecular weight is 388 g/mol. The number of piperidine rings is 1. The van der Waals surface area contributed by atoms with Gasteiger partial charge in [0.25, 0.3) is 5.91 Å². The fourth-order valence-electron chi connectivity index (χ4n) is 3.26. The van der Waals surface area contributed by atoms with E-state index in [9.17, 15) is 4.79 Å². The third-order valence-corrected chi connectivity index (χ3v) is 5.44. The summed E-state index contributed by atoms with van der Waals surface area (Å²) in [5.74, 6) is 0.0974. The van der Waals surface area contributed by atoms with Gasteiger partial charge in [-0.1, -0.05) is 11.6 Å². The Balaban J connectivity index is 1.73. The molecular weight excluding hydrogens is 370 g/mol. The zero-order chi connectivity index (χ0) is 17.9. The molecule has 1 aromatic carbocycles. The number of aromatic nitrogens is 3. The molecule has 1 saturated heterocycles.